The van der Waals surface area contributed by atoms with Gasteiger partial charge in [0, 0.05) is 38.9 Å². The van der Waals surface area contributed by atoms with E-state index in [1.165, 1.54) is 11.1 Å². The number of carbonyl (C=O) groups excluding carboxylic acids is 1. The number of nitrogens with zero attached hydrogens (tertiary/aromatic N) is 4. The predicted octanol–water partition coefficient (Wildman–Crippen LogP) is 2.65. The highest BCUT2D eigenvalue weighted by Crippen LogP contribution is 2.23. The molecule has 0 saturated carbocycles. The van der Waals surface area contributed by atoms with E-state index in [-0.39, 0.29) is 11.9 Å². The van der Waals surface area contributed by atoms with Crippen molar-refractivity contribution in [3.8, 4) is 0 Å². The van der Waals surface area contributed by atoms with Gasteiger partial charge in [0.1, 0.15) is 6.04 Å². The zero-order chi connectivity index (χ0) is 19.4. The van der Waals surface area contributed by atoms with Gasteiger partial charge in [-0.25, -0.2) is 0 Å². The lowest BCUT2D eigenvalue weighted by molar-refractivity contribution is -0.138. The minimum absolute atomic E-state index is 0.194. The van der Waals surface area contributed by atoms with E-state index in [0.29, 0.717) is 0 Å². The standard InChI is InChI=1S/C22H30N4O/c1-17-7-5-9-19(15-17)21(24(3)4)22(27)26-13-11-25(12-14-26)16-20-18(2)8-6-10-23-20/h5-10,15,21H,11-14,16H2,1-4H3. The molecule has 1 amide bonds. The van der Waals surface area contributed by atoms with Gasteiger partial charge in [0.25, 0.3) is 0 Å². The summed E-state index contributed by atoms with van der Waals surface area (Å²) in [4.78, 5) is 24.1. The van der Waals surface area contributed by atoms with Gasteiger partial charge in [-0.05, 0) is 45.1 Å². The maximum Gasteiger partial charge on any atom is 0.244 e. The van der Waals surface area contributed by atoms with Crippen LogP contribution < -0.4 is 0 Å². The SMILES string of the molecule is Cc1cccc(C(C(=O)N2CCN(Cc3ncccc3C)CC2)N(C)C)c1. The second-order valence-corrected chi connectivity index (χ2v) is 7.65. The molecule has 0 radical (unpaired) electrons. The number of pyridine rings is 1. The maximum atomic E-state index is 13.2. The number of benzene rings is 1. The van der Waals surface area contributed by atoms with Gasteiger partial charge in [-0.1, -0.05) is 35.9 Å². The van der Waals surface area contributed by atoms with Gasteiger partial charge >= 0.3 is 0 Å². The fraction of sp³-hybridized carbons (Fsp3) is 0.455. The van der Waals surface area contributed by atoms with Crippen LogP contribution in [0.25, 0.3) is 0 Å². The van der Waals surface area contributed by atoms with E-state index in [0.717, 1.165) is 44.0 Å². The van der Waals surface area contributed by atoms with Gasteiger partial charge in [0.15, 0.2) is 0 Å². The number of amides is 1. The Labute approximate surface area is 162 Å². The van der Waals surface area contributed by atoms with Gasteiger partial charge in [-0.3, -0.25) is 19.6 Å². The summed E-state index contributed by atoms with van der Waals surface area (Å²) in [5.74, 6) is 0.194. The molecule has 2 heterocycles. The zero-order valence-corrected chi connectivity index (χ0v) is 16.9. The van der Waals surface area contributed by atoms with Gasteiger partial charge in [-0.15, -0.1) is 0 Å². The molecule has 1 fully saturated rings. The number of aromatic nitrogens is 1. The van der Waals surface area contributed by atoms with Crippen LogP contribution in [0.2, 0.25) is 0 Å². The summed E-state index contributed by atoms with van der Waals surface area (Å²) in [5.41, 5.74) is 4.60. The van der Waals surface area contributed by atoms with Crippen LogP contribution in [-0.4, -0.2) is 65.9 Å². The van der Waals surface area contributed by atoms with Crippen LogP contribution in [0, 0.1) is 13.8 Å². The van der Waals surface area contributed by atoms with Crippen molar-refractivity contribution < 1.29 is 4.79 Å². The van der Waals surface area contributed by atoms with E-state index >= 15 is 0 Å². The van der Waals surface area contributed by atoms with Crippen LogP contribution in [0.1, 0.15) is 28.4 Å². The third kappa shape index (κ3) is 4.73. The lowest BCUT2D eigenvalue weighted by atomic mass is 10.0. The minimum Gasteiger partial charge on any atom is -0.338 e. The van der Waals surface area contributed by atoms with E-state index < -0.39 is 0 Å². The first-order chi connectivity index (χ1) is 13.0. The number of rotatable bonds is 5. The highest BCUT2D eigenvalue weighted by Gasteiger charge is 2.30. The Morgan fingerprint density at radius 2 is 1.85 bits per heavy atom. The molecule has 1 aromatic heterocycles. The number of carbonyl (C=O) groups is 1. The molecule has 1 aliphatic rings. The summed E-state index contributed by atoms with van der Waals surface area (Å²) in [6.45, 7) is 8.32. The van der Waals surface area contributed by atoms with Gasteiger partial charge in [0.2, 0.25) is 5.91 Å². The Morgan fingerprint density at radius 1 is 1.11 bits per heavy atom. The van der Waals surface area contributed by atoms with Crippen LogP contribution in [-0.2, 0) is 11.3 Å². The third-order valence-electron chi connectivity index (χ3n) is 5.28. The lowest BCUT2D eigenvalue weighted by Crippen LogP contribution is -2.51. The van der Waals surface area contributed by atoms with E-state index in [9.17, 15) is 4.79 Å². The first kappa shape index (κ1) is 19.5. The summed E-state index contributed by atoms with van der Waals surface area (Å²) in [6.07, 6.45) is 1.85. The molecule has 144 valence electrons. The Balaban J connectivity index is 1.64. The van der Waals surface area contributed by atoms with Crippen LogP contribution in [0.5, 0.6) is 0 Å². The summed E-state index contributed by atoms with van der Waals surface area (Å²) in [6, 6.07) is 12.1. The molecule has 27 heavy (non-hydrogen) atoms. The molecule has 0 spiro atoms. The second-order valence-electron chi connectivity index (χ2n) is 7.65. The molecule has 5 nitrogen and oxygen atoms in total. The number of piperazine rings is 1. The van der Waals surface area contributed by atoms with Crippen LogP contribution >= 0.6 is 0 Å². The molecule has 0 aliphatic carbocycles. The van der Waals surface area contributed by atoms with Crippen LogP contribution in [0.15, 0.2) is 42.6 Å². The number of hydrogen-bond donors (Lipinski definition) is 0. The van der Waals surface area contributed by atoms with Crippen molar-refractivity contribution in [1.82, 2.24) is 19.7 Å². The van der Waals surface area contributed by atoms with Crippen molar-refractivity contribution in [1.29, 1.82) is 0 Å². The predicted molar refractivity (Wildman–Crippen MR) is 108 cm³/mol. The van der Waals surface area contributed by atoms with Crippen molar-refractivity contribution in [2.24, 2.45) is 0 Å². The van der Waals surface area contributed by atoms with E-state index in [1.807, 2.05) is 42.2 Å². The molecule has 1 saturated heterocycles. The molecule has 1 aliphatic heterocycles. The third-order valence-corrected chi connectivity index (χ3v) is 5.28. The van der Waals surface area contributed by atoms with Crippen molar-refractivity contribution in [3.63, 3.8) is 0 Å². The van der Waals surface area contributed by atoms with Gasteiger partial charge in [0.05, 0.1) is 5.69 Å². The van der Waals surface area contributed by atoms with E-state index in [2.05, 4.69) is 48.0 Å². The van der Waals surface area contributed by atoms with Gasteiger partial charge in [-0.2, -0.15) is 0 Å². The smallest absolute Gasteiger partial charge is 0.244 e. The average Bonchev–Trinajstić information content (AvgIpc) is 2.64. The number of likely N-dealkylation sites (N-methyl/N-ethyl adjacent to an activating group) is 1. The van der Waals surface area contributed by atoms with Crippen LogP contribution in [0.4, 0.5) is 0 Å². The van der Waals surface area contributed by atoms with Gasteiger partial charge < -0.3 is 4.90 Å². The van der Waals surface area contributed by atoms with Crippen molar-refractivity contribution in [2.75, 3.05) is 40.3 Å². The second kappa shape index (κ2) is 8.63. The quantitative estimate of drug-likeness (QED) is 0.816. The Morgan fingerprint density at radius 3 is 2.48 bits per heavy atom. The molecule has 0 N–H and O–H groups in total. The molecule has 5 heteroatoms. The van der Waals surface area contributed by atoms with Crippen molar-refractivity contribution in [2.45, 2.75) is 26.4 Å². The topological polar surface area (TPSA) is 39.7 Å². The Kier molecular flexibility index (Phi) is 6.24. The first-order valence-electron chi connectivity index (χ1n) is 9.60. The summed E-state index contributed by atoms with van der Waals surface area (Å²) >= 11 is 0. The van der Waals surface area contributed by atoms with Crippen molar-refractivity contribution in [3.05, 3.63) is 65.0 Å². The summed E-state index contributed by atoms with van der Waals surface area (Å²) in [5, 5.41) is 0. The summed E-state index contributed by atoms with van der Waals surface area (Å²) < 4.78 is 0. The van der Waals surface area contributed by atoms with Crippen molar-refractivity contribution >= 4 is 5.91 Å². The van der Waals surface area contributed by atoms with Crippen LogP contribution in [0.3, 0.4) is 0 Å². The number of hydrogen-bond acceptors (Lipinski definition) is 4. The Bertz CT molecular complexity index is 781. The van der Waals surface area contributed by atoms with E-state index in [4.69, 9.17) is 0 Å². The highest BCUT2D eigenvalue weighted by atomic mass is 16.2. The average molecular weight is 367 g/mol. The molecule has 2 aromatic rings. The normalized spacial score (nSPS) is 16.6. The minimum atomic E-state index is -0.227. The molecule has 1 aromatic carbocycles. The molecule has 1 atom stereocenters. The Hall–Kier alpha value is -2.24. The molecular weight excluding hydrogens is 336 g/mol. The zero-order valence-electron chi connectivity index (χ0n) is 16.9. The summed E-state index contributed by atoms with van der Waals surface area (Å²) in [7, 11) is 3.95. The highest BCUT2D eigenvalue weighted by molar-refractivity contribution is 5.83. The molecular formula is C22H30N4O. The largest absolute Gasteiger partial charge is 0.338 e. The fourth-order valence-electron chi connectivity index (χ4n) is 3.70. The monoisotopic (exact) mass is 366 g/mol. The van der Waals surface area contributed by atoms with E-state index in [1.54, 1.807) is 0 Å². The molecule has 1 unspecified atom stereocenters. The molecule has 3 rings (SSSR count). The first-order valence-corrected chi connectivity index (χ1v) is 9.60. The lowest BCUT2D eigenvalue weighted by Gasteiger charge is -2.37. The number of aryl methyl sites for hydroxylation is 2. The fourth-order valence-corrected chi connectivity index (χ4v) is 3.70. The molecule has 0 bridgehead atoms. The maximum absolute atomic E-state index is 13.2.